The van der Waals surface area contributed by atoms with Crippen LogP contribution < -0.4 is 5.73 Å². The highest BCUT2D eigenvalue weighted by atomic mass is 35.5. The topological polar surface area (TPSA) is 76.5 Å². The van der Waals surface area contributed by atoms with Crippen LogP contribution in [-0.4, -0.2) is 32.2 Å². The van der Waals surface area contributed by atoms with Crippen molar-refractivity contribution >= 4 is 34.9 Å². The molecular formula is C23H21Cl2N5O. The Balaban J connectivity index is 1.81. The van der Waals surface area contributed by atoms with Crippen molar-refractivity contribution in [1.29, 1.82) is 0 Å². The molecule has 2 heterocycles. The number of halogens is 2. The Hall–Kier alpha value is -2.93. The van der Waals surface area contributed by atoms with E-state index in [0.717, 1.165) is 28.1 Å². The molecule has 0 fully saturated rings. The molecule has 4 aromatic rings. The number of fused-ring (bicyclic) bond motifs is 1. The van der Waals surface area contributed by atoms with Gasteiger partial charge >= 0.3 is 0 Å². The summed E-state index contributed by atoms with van der Waals surface area (Å²) in [5.41, 5.74) is 10.4. The summed E-state index contributed by atoms with van der Waals surface area (Å²) in [6.07, 6.45) is 1.69. The van der Waals surface area contributed by atoms with Crippen LogP contribution in [0.4, 0.5) is 0 Å². The van der Waals surface area contributed by atoms with E-state index in [9.17, 15) is 4.79 Å². The second kappa shape index (κ2) is 8.67. The van der Waals surface area contributed by atoms with Crippen molar-refractivity contribution < 1.29 is 4.79 Å². The Morgan fingerprint density at radius 1 is 1.13 bits per heavy atom. The highest BCUT2D eigenvalue weighted by molar-refractivity contribution is 6.36. The zero-order valence-corrected chi connectivity index (χ0v) is 18.7. The van der Waals surface area contributed by atoms with Gasteiger partial charge in [-0.05, 0) is 30.7 Å². The SMILES string of the molecule is Cc1nc2nc(C(=O)N(C)Cc3ccccc3)cn2c(-c2ccc(Cl)cc2Cl)c1CN. The molecule has 158 valence electrons. The number of nitrogens with two attached hydrogens (primary N) is 1. The molecule has 2 aromatic carbocycles. The van der Waals surface area contributed by atoms with E-state index >= 15 is 0 Å². The second-order valence-electron chi connectivity index (χ2n) is 7.30. The summed E-state index contributed by atoms with van der Waals surface area (Å²) in [7, 11) is 1.75. The van der Waals surface area contributed by atoms with Crippen molar-refractivity contribution in [2.45, 2.75) is 20.0 Å². The molecule has 0 spiro atoms. The smallest absolute Gasteiger partial charge is 0.274 e. The molecule has 8 heteroatoms. The van der Waals surface area contributed by atoms with Gasteiger partial charge in [0, 0.05) is 48.2 Å². The Kier molecular flexibility index (Phi) is 5.96. The monoisotopic (exact) mass is 453 g/mol. The van der Waals surface area contributed by atoms with Crippen LogP contribution in [0.5, 0.6) is 0 Å². The highest BCUT2D eigenvalue weighted by Gasteiger charge is 2.21. The van der Waals surface area contributed by atoms with Gasteiger partial charge in [0.25, 0.3) is 5.91 Å². The predicted octanol–water partition coefficient (Wildman–Crippen LogP) is 4.74. The fraction of sp³-hybridized carbons (Fsp3) is 0.174. The van der Waals surface area contributed by atoms with Gasteiger partial charge in [-0.2, -0.15) is 0 Å². The minimum atomic E-state index is -0.200. The predicted molar refractivity (Wildman–Crippen MR) is 123 cm³/mol. The Labute approximate surface area is 190 Å². The van der Waals surface area contributed by atoms with Gasteiger partial charge in [-0.15, -0.1) is 0 Å². The van der Waals surface area contributed by atoms with E-state index in [1.165, 1.54) is 0 Å². The molecule has 2 N–H and O–H groups in total. The van der Waals surface area contributed by atoms with E-state index in [-0.39, 0.29) is 12.5 Å². The molecule has 0 unspecified atom stereocenters. The number of rotatable bonds is 5. The molecule has 0 saturated carbocycles. The van der Waals surface area contributed by atoms with Crippen LogP contribution in [0.2, 0.25) is 10.0 Å². The number of nitrogens with zero attached hydrogens (tertiary/aromatic N) is 4. The fourth-order valence-corrected chi connectivity index (χ4v) is 4.09. The summed E-state index contributed by atoms with van der Waals surface area (Å²) < 4.78 is 1.77. The number of aromatic nitrogens is 3. The van der Waals surface area contributed by atoms with Crippen molar-refractivity contribution in [2.24, 2.45) is 5.73 Å². The Bertz CT molecular complexity index is 1270. The molecule has 0 aliphatic heterocycles. The van der Waals surface area contributed by atoms with E-state index in [0.29, 0.717) is 28.1 Å². The van der Waals surface area contributed by atoms with Crippen LogP contribution in [0, 0.1) is 6.92 Å². The maximum absolute atomic E-state index is 13.1. The number of carbonyl (C=O) groups excluding carboxylic acids is 1. The van der Waals surface area contributed by atoms with Crippen LogP contribution in [0.3, 0.4) is 0 Å². The summed E-state index contributed by atoms with van der Waals surface area (Å²) in [5.74, 6) is 0.210. The zero-order chi connectivity index (χ0) is 22.1. The Morgan fingerprint density at radius 3 is 2.55 bits per heavy atom. The van der Waals surface area contributed by atoms with Crippen LogP contribution >= 0.6 is 23.2 Å². The lowest BCUT2D eigenvalue weighted by Crippen LogP contribution is -2.26. The number of amides is 1. The zero-order valence-electron chi connectivity index (χ0n) is 17.1. The van der Waals surface area contributed by atoms with Crippen LogP contribution in [0.1, 0.15) is 27.3 Å². The maximum atomic E-state index is 13.1. The van der Waals surface area contributed by atoms with Gasteiger partial charge in [0.15, 0.2) is 0 Å². The Morgan fingerprint density at radius 2 is 1.87 bits per heavy atom. The molecule has 31 heavy (non-hydrogen) atoms. The first-order chi connectivity index (χ1) is 14.9. The van der Waals surface area contributed by atoms with Crippen molar-refractivity contribution in [3.8, 4) is 11.3 Å². The number of imidazole rings is 1. The van der Waals surface area contributed by atoms with Crippen LogP contribution in [-0.2, 0) is 13.1 Å². The van der Waals surface area contributed by atoms with Gasteiger partial charge in [-0.3, -0.25) is 9.20 Å². The standard InChI is InChI=1S/C23H21Cl2N5O/c1-14-18(11-26)21(17-9-8-16(24)10-19(17)25)30-13-20(28-23(30)27-14)22(31)29(2)12-15-6-4-3-5-7-15/h3-10,13H,11-12,26H2,1-2H3. The van der Waals surface area contributed by atoms with Gasteiger partial charge in [0.2, 0.25) is 5.78 Å². The molecule has 2 aromatic heterocycles. The van der Waals surface area contributed by atoms with Crippen LogP contribution in [0.15, 0.2) is 54.7 Å². The molecule has 6 nitrogen and oxygen atoms in total. The average molecular weight is 454 g/mol. The molecule has 0 aliphatic rings. The fourth-order valence-electron chi connectivity index (χ4n) is 3.59. The van der Waals surface area contributed by atoms with E-state index in [4.69, 9.17) is 28.9 Å². The van der Waals surface area contributed by atoms with E-state index in [1.54, 1.807) is 34.7 Å². The first-order valence-corrected chi connectivity index (χ1v) is 10.5. The molecule has 0 radical (unpaired) electrons. The third-order valence-electron chi connectivity index (χ3n) is 5.14. The second-order valence-corrected chi connectivity index (χ2v) is 8.14. The third kappa shape index (κ3) is 4.14. The lowest BCUT2D eigenvalue weighted by atomic mass is 10.0. The van der Waals surface area contributed by atoms with Crippen LogP contribution in [0.25, 0.3) is 17.0 Å². The van der Waals surface area contributed by atoms with Crippen molar-refractivity contribution in [3.63, 3.8) is 0 Å². The first kappa shape index (κ1) is 21.3. The van der Waals surface area contributed by atoms with Gasteiger partial charge in [-0.1, -0.05) is 53.5 Å². The van der Waals surface area contributed by atoms with Gasteiger partial charge < -0.3 is 10.6 Å². The minimum absolute atomic E-state index is 0.200. The third-order valence-corrected chi connectivity index (χ3v) is 5.69. The van der Waals surface area contributed by atoms with Crippen molar-refractivity contribution in [2.75, 3.05) is 7.05 Å². The van der Waals surface area contributed by atoms with Crippen molar-refractivity contribution in [1.82, 2.24) is 19.3 Å². The van der Waals surface area contributed by atoms with Gasteiger partial charge in [-0.25, -0.2) is 9.97 Å². The first-order valence-electron chi connectivity index (χ1n) is 9.72. The molecule has 4 rings (SSSR count). The number of aryl methyl sites for hydroxylation is 1. The molecule has 0 bridgehead atoms. The van der Waals surface area contributed by atoms with Crippen molar-refractivity contribution in [3.05, 3.63) is 87.3 Å². The summed E-state index contributed by atoms with van der Waals surface area (Å²) in [5, 5.41) is 1.02. The van der Waals surface area contributed by atoms with E-state index in [1.807, 2.05) is 43.3 Å². The number of benzene rings is 2. The maximum Gasteiger partial charge on any atom is 0.274 e. The number of carbonyl (C=O) groups is 1. The minimum Gasteiger partial charge on any atom is -0.336 e. The molecule has 0 atom stereocenters. The summed E-state index contributed by atoms with van der Waals surface area (Å²) in [6, 6.07) is 15.1. The molecule has 0 aliphatic carbocycles. The summed E-state index contributed by atoms with van der Waals surface area (Å²) in [4.78, 5) is 23.8. The van der Waals surface area contributed by atoms with Gasteiger partial charge in [0.1, 0.15) is 5.69 Å². The lowest BCUT2D eigenvalue weighted by Gasteiger charge is -2.16. The van der Waals surface area contributed by atoms with Gasteiger partial charge in [0.05, 0.1) is 10.7 Å². The number of hydrogen-bond donors (Lipinski definition) is 1. The number of hydrogen-bond acceptors (Lipinski definition) is 4. The quantitative estimate of drug-likeness (QED) is 0.473. The lowest BCUT2D eigenvalue weighted by molar-refractivity contribution is 0.0780. The molecule has 1 amide bonds. The summed E-state index contributed by atoms with van der Waals surface area (Å²) in [6.45, 7) is 2.61. The molecule has 0 saturated heterocycles. The normalized spacial score (nSPS) is 11.1. The summed E-state index contributed by atoms with van der Waals surface area (Å²) >= 11 is 12.6. The average Bonchev–Trinajstić information content (AvgIpc) is 3.16. The van der Waals surface area contributed by atoms with E-state index in [2.05, 4.69) is 9.97 Å². The largest absolute Gasteiger partial charge is 0.336 e. The van der Waals surface area contributed by atoms with E-state index < -0.39 is 0 Å². The highest BCUT2D eigenvalue weighted by Crippen LogP contribution is 2.34. The molecular weight excluding hydrogens is 433 g/mol.